The SMILES string of the molecule is CCOc1ccc(/C=C/C(=O)OCC(=O)c2ccc(OC)cc2)cc1. The van der Waals surface area contributed by atoms with Crippen LogP contribution in [-0.2, 0) is 9.53 Å². The van der Waals surface area contributed by atoms with Gasteiger partial charge >= 0.3 is 5.97 Å². The molecule has 2 aromatic rings. The maximum absolute atomic E-state index is 12.0. The van der Waals surface area contributed by atoms with Crippen molar-refractivity contribution in [3.8, 4) is 11.5 Å². The summed E-state index contributed by atoms with van der Waals surface area (Å²) >= 11 is 0. The van der Waals surface area contributed by atoms with E-state index in [1.54, 1.807) is 37.5 Å². The Bertz CT molecular complexity index is 730. The van der Waals surface area contributed by atoms with Crippen LogP contribution in [0.1, 0.15) is 22.8 Å². The highest BCUT2D eigenvalue weighted by Gasteiger charge is 2.08. The number of ether oxygens (including phenoxy) is 3. The number of rotatable bonds is 8. The minimum absolute atomic E-state index is 0.273. The van der Waals surface area contributed by atoms with Crippen LogP contribution in [0, 0.1) is 0 Å². The van der Waals surface area contributed by atoms with Crippen LogP contribution in [0.15, 0.2) is 54.6 Å². The smallest absolute Gasteiger partial charge is 0.331 e. The topological polar surface area (TPSA) is 61.8 Å². The lowest BCUT2D eigenvalue weighted by Crippen LogP contribution is -2.12. The lowest BCUT2D eigenvalue weighted by atomic mass is 10.1. The highest BCUT2D eigenvalue weighted by molar-refractivity contribution is 5.99. The van der Waals surface area contributed by atoms with Crippen LogP contribution in [0.5, 0.6) is 11.5 Å². The van der Waals surface area contributed by atoms with Crippen molar-refractivity contribution in [2.45, 2.75) is 6.92 Å². The fourth-order valence-corrected chi connectivity index (χ4v) is 2.05. The van der Waals surface area contributed by atoms with Crippen molar-refractivity contribution in [3.05, 3.63) is 65.7 Å². The van der Waals surface area contributed by atoms with Gasteiger partial charge in [-0.2, -0.15) is 0 Å². The number of ketones is 1. The third-order valence-electron chi connectivity index (χ3n) is 3.36. The van der Waals surface area contributed by atoms with Crippen LogP contribution < -0.4 is 9.47 Å². The van der Waals surface area contributed by atoms with E-state index in [-0.39, 0.29) is 12.4 Å². The van der Waals surface area contributed by atoms with Gasteiger partial charge in [0.2, 0.25) is 0 Å². The highest BCUT2D eigenvalue weighted by atomic mass is 16.5. The molecule has 0 unspecified atom stereocenters. The van der Waals surface area contributed by atoms with E-state index in [9.17, 15) is 9.59 Å². The lowest BCUT2D eigenvalue weighted by Gasteiger charge is -2.04. The summed E-state index contributed by atoms with van der Waals surface area (Å²) in [7, 11) is 1.55. The van der Waals surface area contributed by atoms with Crippen LogP contribution >= 0.6 is 0 Å². The molecular formula is C20H20O5. The van der Waals surface area contributed by atoms with Gasteiger partial charge in [-0.05, 0) is 55.0 Å². The molecule has 2 rings (SSSR count). The number of esters is 1. The van der Waals surface area contributed by atoms with Gasteiger partial charge < -0.3 is 14.2 Å². The van der Waals surface area contributed by atoms with Crippen molar-refractivity contribution in [2.75, 3.05) is 20.3 Å². The number of benzene rings is 2. The maximum Gasteiger partial charge on any atom is 0.331 e. The summed E-state index contributed by atoms with van der Waals surface area (Å²) in [5.41, 5.74) is 1.30. The van der Waals surface area contributed by atoms with Gasteiger partial charge in [0.25, 0.3) is 0 Å². The molecule has 0 amide bonds. The normalized spacial score (nSPS) is 10.5. The van der Waals surface area contributed by atoms with E-state index in [1.165, 1.54) is 6.08 Å². The number of hydrogen-bond donors (Lipinski definition) is 0. The Kier molecular flexibility index (Phi) is 6.77. The van der Waals surface area contributed by atoms with Gasteiger partial charge in [0.05, 0.1) is 13.7 Å². The molecule has 0 aliphatic carbocycles. The van der Waals surface area contributed by atoms with Gasteiger partial charge in [-0.3, -0.25) is 4.79 Å². The summed E-state index contributed by atoms with van der Waals surface area (Å²) in [6.45, 7) is 2.21. The van der Waals surface area contributed by atoms with Crippen molar-refractivity contribution in [1.82, 2.24) is 0 Å². The lowest BCUT2D eigenvalue weighted by molar-refractivity contribution is -0.136. The number of carbonyl (C=O) groups excluding carboxylic acids is 2. The minimum atomic E-state index is -0.573. The summed E-state index contributed by atoms with van der Waals surface area (Å²) < 4.78 is 15.3. The molecule has 0 bridgehead atoms. The third kappa shape index (κ3) is 5.80. The molecule has 0 atom stereocenters. The number of methoxy groups -OCH3 is 1. The van der Waals surface area contributed by atoms with Gasteiger partial charge in [0.1, 0.15) is 11.5 Å². The zero-order valence-corrected chi connectivity index (χ0v) is 14.2. The Hall–Kier alpha value is -3.08. The first-order valence-corrected chi connectivity index (χ1v) is 7.87. The molecule has 130 valence electrons. The average molecular weight is 340 g/mol. The summed E-state index contributed by atoms with van der Waals surface area (Å²) in [5, 5.41) is 0. The van der Waals surface area contributed by atoms with E-state index in [1.807, 2.05) is 31.2 Å². The van der Waals surface area contributed by atoms with Crippen molar-refractivity contribution < 1.29 is 23.8 Å². The van der Waals surface area contributed by atoms with Crippen LogP contribution in [0.2, 0.25) is 0 Å². The van der Waals surface area contributed by atoms with Crippen LogP contribution in [0.4, 0.5) is 0 Å². The molecule has 0 aliphatic rings. The van der Waals surface area contributed by atoms with E-state index in [0.29, 0.717) is 17.9 Å². The molecule has 0 saturated heterocycles. The molecule has 0 spiro atoms. The number of Topliss-reactive ketones (excluding diaryl/α,β-unsaturated/α-hetero) is 1. The first-order chi connectivity index (χ1) is 12.1. The molecule has 0 heterocycles. The van der Waals surface area contributed by atoms with Crippen molar-refractivity contribution in [2.24, 2.45) is 0 Å². The minimum Gasteiger partial charge on any atom is -0.497 e. The van der Waals surface area contributed by atoms with E-state index < -0.39 is 5.97 Å². The predicted octanol–water partition coefficient (Wildman–Crippen LogP) is 3.53. The summed E-state index contributed by atoms with van der Waals surface area (Å²) in [5.74, 6) is 0.584. The van der Waals surface area contributed by atoms with Crippen LogP contribution in [0.25, 0.3) is 6.08 Å². The zero-order valence-electron chi connectivity index (χ0n) is 14.2. The second-order valence-electron chi connectivity index (χ2n) is 5.09. The monoisotopic (exact) mass is 340 g/mol. The Balaban J connectivity index is 1.83. The standard InChI is InChI=1S/C20H20O5/c1-3-24-18-9-4-15(5-10-18)6-13-20(22)25-14-19(21)16-7-11-17(23-2)12-8-16/h4-13H,3,14H2,1-2H3/b13-6+. The molecule has 0 N–H and O–H groups in total. The molecule has 0 radical (unpaired) electrons. The summed E-state index contributed by atoms with van der Waals surface area (Å²) in [6.07, 6.45) is 2.91. The van der Waals surface area contributed by atoms with Crippen molar-refractivity contribution in [3.63, 3.8) is 0 Å². The molecule has 25 heavy (non-hydrogen) atoms. The Morgan fingerprint density at radius 2 is 1.60 bits per heavy atom. The number of carbonyl (C=O) groups is 2. The Morgan fingerprint density at radius 1 is 0.960 bits per heavy atom. The van der Waals surface area contributed by atoms with Gasteiger partial charge in [-0.15, -0.1) is 0 Å². The highest BCUT2D eigenvalue weighted by Crippen LogP contribution is 2.13. The molecule has 5 nitrogen and oxygen atoms in total. The fourth-order valence-electron chi connectivity index (χ4n) is 2.05. The zero-order chi connectivity index (χ0) is 18.1. The van der Waals surface area contributed by atoms with Crippen LogP contribution in [0.3, 0.4) is 0 Å². The van der Waals surface area contributed by atoms with Gasteiger partial charge in [0.15, 0.2) is 12.4 Å². The Morgan fingerprint density at radius 3 is 2.20 bits per heavy atom. The second-order valence-corrected chi connectivity index (χ2v) is 5.09. The average Bonchev–Trinajstić information content (AvgIpc) is 2.66. The quantitative estimate of drug-likeness (QED) is 0.418. The van der Waals surface area contributed by atoms with Gasteiger partial charge in [-0.25, -0.2) is 4.79 Å². The van der Waals surface area contributed by atoms with Crippen molar-refractivity contribution in [1.29, 1.82) is 0 Å². The summed E-state index contributed by atoms with van der Waals surface area (Å²) in [6, 6.07) is 13.9. The van der Waals surface area contributed by atoms with Gasteiger partial charge in [0, 0.05) is 11.6 Å². The third-order valence-corrected chi connectivity index (χ3v) is 3.36. The van der Waals surface area contributed by atoms with E-state index in [2.05, 4.69) is 0 Å². The van der Waals surface area contributed by atoms with Crippen LogP contribution in [-0.4, -0.2) is 32.1 Å². The molecule has 0 fully saturated rings. The Labute approximate surface area is 146 Å². The molecule has 2 aromatic carbocycles. The number of hydrogen-bond acceptors (Lipinski definition) is 5. The van der Waals surface area contributed by atoms with Gasteiger partial charge in [-0.1, -0.05) is 12.1 Å². The van der Waals surface area contributed by atoms with E-state index in [4.69, 9.17) is 14.2 Å². The predicted molar refractivity (Wildman–Crippen MR) is 94.9 cm³/mol. The molecule has 0 aromatic heterocycles. The maximum atomic E-state index is 12.0. The second kappa shape index (κ2) is 9.27. The molecule has 0 aliphatic heterocycles. The fraction of sp³-hybridized carbons (Fsp3) is 0.200. The molecule has 0 saturated carbocycles. The van der Waals surface area contributed by atoms with E-state index >= 15 is 0 Å². The molecule has 5 heteroatoms. The first-order valence-electron chi connectivity index (χ1n) is 7.87. The van der Waals surface area contributed by atoms with E-state index in [0.717, 1.165) is 11.3 Å². The largest absolute Gasteiger partial charge is 0.497 e. The summed E-state index contributed by atoms with van der Waals surface area (Å²) in [4.78, 5) is 23.7. The molecular weight excluding hydrogens is 320 g/mol. The first kappa shape index (κ1) is 18.3. The van der Waals surface area contributed by atoms with Crippen molar-refractivity contribution >= 4 is 17.8 Å².